The second-order valence-corrected chi connectivity index (χ2v) is 8.74. The predicted octanol–water partition coefficient (Wildman–Crippen LogP) is 3.48. The van der Waals surface area contributed by atoms with E-state index in [1.807, 2.05) is 37.3 Å². The third-order valence-electron chi connectivity index (χ3n) is 4.89. The van der Waals surface area contributed by atoms with Gasteiger partial charge in [0.05, 0.1) is 4.90 Å². The molecule has 0 spiro atoms. The Kier molecular flexibility index (Phi) is 4.43. The minimum absolute atomic E-state index is 0.158. The summed E-state index contributed by atoms with van der Waals surface area (Å²) in [5.74, 6) is 0. The number of nitrogens with zero attached hydrogens (tertiary/aromatic N) is 2. The smallest absolute Gasteiger partial charge is 0.275 e. The van der Waals surface area contributed by atoms with Crippen molar-refractivity contribution >= 4 is 20.9 Å². The number of hydrogen-bond donors (Lipinski definition) is 0. The van der Waals surface area contributed by atoms with Crippen LogP contribution in [0.5, 0.6) is 0 Å². The maximum absolute atomic E-state index is 13.2. The van der Waals surface area contributed by atoms with Gasteiger partial charge in [0.25, 0.3) is 15.6 Å². The lowest BCUT2D eigenvalue weighted by Crippen LogP contribution is -2.23. The van der Waals surface area contributed by atoms with Crippen LogP contribution in [0.1, 0.15) is 16.7 Å². The van der Waals surface area contributed by atoms with Gasteiger partial charge in [-0.25, -0.2) is 12.4 Å². The van der Waals surface area contributed by atoms with Gasteiger partial charge >= 0.3 is 0 Å². The molecule has 0 aliphatic heterocycles. The van der Waals surface area contributed by atoms with Crippen LogP contribution in [0, 0.1) is 6.92 Å². The molecule has 0 aliphatic carbocycles. The summed E-state index contributed by atoms with van der Waals surface area (Å²) in [5, 5.41) is 0.655. The Morgan fingerprint density at radius 3 is 2.29 bits per heavy atom. The average molecular weight is 392 g/mol. The van der Waals surface area contributed by atoms with Crippen LogP contribution in [0.15, 0.2) is 82.7 Å². The quantitative estimate of drug-likeness (QED) is 0.534. The Labute approximate surface area is 163 Å². The molecule has 5 nitrogen and oxygen atoms in total. The first-order valence-corrected chi connectivity index (χ1v) is 10.4. The van der Waals surface area contributed by atoms with Gasteiger partial charge in [0.15, 0.2) is 0 Å². The summed E-state index contributed by atoms with van der Waals surface area (Å²) in [5.41, 5.74) is 2.80. The lowest BCUT2D eigenvalue weighted by molar-refractivity contribution is 0.589. The molecule has 6 heteroatoms. The Morgan fingerprint density at radius 2 is 1.61 bits per heavy atom. The maximum atomic E-state index is 13.2. The molecule has 0 unspecified atom stereocenters. The van der Waals surface area contributed by atoms with Crippen molar-refractivity contribution in [1.82, 2.24) is 8.54 Å². The van der Waals surface area contributed by atoms with Crippen LogP contribution in [0.4, 0.5) is 0 Å². The Morgan fingerprint density at radius 1 is 0.929 bits per heavy atom. The van der Waals surface area contributed by atoms with Crippen molar-refractivity contribution in [2.45, 2.75) is 18.2 Å². The number of benzene rings is 2. The third kappa shape index (κ3) is 3.05. The van der Waals surface area contributed by atoms with Gasteiger partial charge in [0.2, 0.25) is 0 Å². The molecule has 2 aromatic carbocycles. The van der Waals surface area contributed by atoms with E-state index in [1.165, 1.54) is 10.8 Å². The predicted molar refractivity (Wildman–Crippen MR) is 110 cm³/mol. The summed E-state index contributed by atoms with van der Waals surface area (Å²) in [4.78, 5) is 13.0. The van der Waals surface area contributed by atoms with Crippen molar-refractivity contribution in [2.75, 3.05) is 0 Å². The fourth-order valence-electron chi connectivity index (χ4n) is 3.39. The van der Waals surface area contributed by atoms with Crippen LogP contribution in [0.25, 0.3) is 10.9 Å². The molecule has 0 N–H and O–H groups in total. The van der Waals surface area contributed by atoms with E-state index in [0.29, 0.717) is 11.8 Å². The second-order valence-electron chi connectivity index (χ2n) is 6.92. The van der Waals surface area contributed by atoms with Gasteiger partial charge in [-0.15, -0.1) is 0 Å². The van der Waals surface area contributed by atoms with E-state index in [-0.39, 0.29) is 16.0 Å². The summed E-state index contributed by atoms with van der Waals surface area (Å²) in [7, 11) is -2.22. The lowest BCUT2D eigenvalue weighted by atomic mass is 10.0. The Bertz CT molecular complexity index is 1320. The number of aryl methyl sites for hydroxylation is 2. The third-order valence-corrected chi connectivity index (χ3v) is 6.58. The summed E-state index contributed by atoms with van der Waals surface area (Å²) in [6.07, 6.45) is 3.86. The minimum Gasteiger partial charge on any atom is -0.316 e. The van der Waals surface area contributed by atoms with Crippen LogP contribution < -0.4 is 5.56 Å². The van der Waals surface area contributed by atoms with E-state index in [9.17, 15) is 13.2 Å². The highest BCUT2D eigenvalue weighted by molar-refractivity contribution is 7.90. The fraction of sp³-hybridized carbons (Fsp3) is 0.136. The van der Waals surface area contributed by atoms with E-state index < -0.39 is 10.0 Å². The summed E-state index contributed by atoms with van der Waals surface area (Å²) >= 11 is 0. The molecule has 0 aliphatic rings. The molecular formula is C22H20N2O3S. The molecule has 0 bridgehead atoms. The molecule has 0 saturated heterocycles. The maximum Gasteiger partial charge on any atom is 0.275 e. The molecular weight excluding hydrogens is 372 g/mol. The topological polar surface area (TPSA) is 61.1 Å². The Hall–Kier alpha value is -3.12. The summed E-state index contributed by atoms with van der Waals surface area (Å²) in [6, 6.07) is 18.2. The van der Waals surface area contributed by atoms with Crippen molar-refractivity contribution in [3.8, 4) is 0 Å². The highest BCUT2D eigenvalue weighted by Crippen LogP contribution is 2.24. The Balaban J connectivity index is 1.92. The van der Waals surface area contributed by atoms with Crippen LogP contribution >= 0.6 is 0 Å². The SMILES string of the molecule is Cc1ccc(S(=O)(=O)n2ccc3c(Cc4ccccc4)cn(C)c(=O)c32)cc1. The molecule has 4 rings (SSSR count). The highest BCUT2D eigenvalue weighted by Gasteiger charge is 2.22. The summed E-state index contributed by atoms with van der Waals surface area (Å²) < 4.78 is 28.9. The summed E-state index contributed by atoms with van der Waals surface area (Å²) in [6.45, 7) is 1.90. The second kappa shape index (κ2) is 6.80. The standard InChI is InChI=1S/C22H20N2O3S/c1-16-8-10-19(11-9-16)28(26,27)24-13-12-20-18(14-17-6-4-3-5-7-17)15-23(2)22(25)21(20)24/h3-13,15H,14H2,1-2H3. The first kappa shape index (κ1) is 18.3. The zero-order valence-electron chi connectivity index (χ0n) is 15.7. The van der Waals surface area contributed by atoms with Crippen LogP contribution in [-0.2, 0) is 23.5 Å². The van der Waals surface area contributed by atoms with Gasteiger partial charge in [0, 0.05) is 24.8 Å². The zero-order chi connectivity index (χ0) is 19.9. The molecule has 0 fully saturated rings. The van der Waals surface area contributed by atoms with E-state index in [4.69, 9.17) is 0 Å². The molecule has 28 heavy (non-hydrogen) atoms. The normalized spacial score (nSPS) is 11.8. The number of rotatable bonds is 4. The van der Waals surface area contributed by atoms with Crippen molar-refractivity contribution in [1.29, 1.82) is 0 Å². The molecule has 0 saturated carbocycles. The number of aromatic nitrogens is 2. The molecule has 2 heterocycles. The van der Waals surface area contributed by atoms with Gasteiger partial charge in [-0.05, 0) is 42.7 Å². The molecule has 142 valence electrons. The van der Waals surface area contributed by atoms with Gasteiger partial charge in [-0.3, -0.25) is 4.79 Å². The van der Waals surface area contributed by atoms with E-state index in [1.54, 1.807) is 43.6 Å². The van der Waals surface area contributed by atoms with E-state index in [2.05, 4.69) is 0 Å². The van der Waals surface area contributed by atoms with Gasteiger partial charge in [-0.2, -0.15) is 0 Å². The highest BCUT2D eigenvalue weighted by atomic mass is 32.2. The van der Waals surface area contributed by atoms with Crippen LogP contribution in [-0.4, -0.2) is 17.0 Å². The van der Waals surface area contributed by atoms with Crippen molar-refractivity contribution < 1.29 is 8.42 Å². The van der Waals surface area contributed by atoms with Crippen molar-refractivity contribution in [2.24, 2.45) is 7.05 Å². The molecule has 4 aromatic rings. The lowest BCUT2D eigenvalue weighted by Gasteiger charge is -2.11. The van der Waals surface area contributed by atoms with E-state index >= 15 is 0 Å². The van der Waals surface area contributed by atoms with E-state index in [0.717, 1.165) is 20.7 Å². The van der Waals surface area contributed by atoms with Gasteiger partial charge < -0.3 is 4.57 Å². The number of hydrogen-bond acceptors (Lipinski definition) is 3. The zero-order valence-corrected chi connectivity index (χ0v) is 16.5. The minimum atomic E-state index is -3.86. The average Bonchev–Trinajstić information content (AvgIpc) is 3.14. The van der Waals surface area contributed by atoms with Gasteiger partial charge in [0.1, 0.15) is 5.52 Å². The van der Waals surface area contributed by atoms with Gasteiger partial charge in [-0.1, -0.05) is 48.0 Å². The van der Waals surface area contributed by atoms with Crippen LogP contribution in [0.3, 0.4) is 0 Å². The first-order chi connectivity index (χ1) is 13.4. The number of pyridine rings is 1. The monoisotopic (exact) mass is 392 g/mol. The van der Waals surface area contributed by atoms with Crippen molar-refractivity contribution in [3.63, 3.8) is 0 Å². The van der Waals surface area contributed by atoms with Crippen molar-refractivity contribution in [3.05, 3.63) is 100 Å². The first-order valence-electron chi connectivity index (χ1n) is 8.93. The molecule has 0 amide bonds. The molecule has 2 aromatic heterocycles. The largest absolute Gasteiger partial charge is 0.316 e. The number of fused-ring (bicyclic) bond motifs is 1. The van der Waals surface area contributed by atoms with Crippen LogP contribution in [0.2, 0.25) is 0 Å². The molecule has 0 atom stereocenters. The fourth-order valence-corrected chi connectivity index (χ4v) is 4.74. The molecule has 0 radical (unpaired) electrons.